The number of ether oxygens (including phenoxy) is 1. The highest BCUT2D eigenvalue weighted by Crippen LogP contribution is 2.48. The van der Waals surface area contributed by atoms with E-state index in [1.807, 2.05) is 19.1 Å². The van der Waals surface area contributed by atoms with Gasteiger partial charge >= 0.3 is 0 Å². The fourth-order valence-corrected chi connectivity index (χ4v) is 2.58. The first-order valence-corrected chi connectivity index (χ1v) is 7.87. The average Bonchev–Trinajstić information content (AvgIpc) is 3.28. The molecule has 0 saturated heterocycles. The van der Waals surface area contributed by atoms with Gasteiger partial charge in [0.05, 0.1) is 5.02 Å². The molecule has 0 spiro atoms. The lowest BCUT2D eigenvalue weighted by molar-refractivity contribution is 0.0988. The zero-order chi connectivity index (χ0) is 15.7. The van der Waals surface area contributed by atoms with Crippen molar-refractivity contribution in [2.45, 2.75) is 38.5 Å². The predicted molar refractivity (Wildman–Crippen MR) is 87.0 cm³/mol. The Morgan fingerprint density at radius 1 is 1.32 bits per heavy atom. The van der Waals surface area contributed by atoms with Crippen LogP contribution < -0.4 is 4.74 Å². The van der Waals surface area contributed by atoms with Gasteiger partial charge in [-0.25, -0.2) is 4.98 Å². The van der Waals surface area contributed by atoms with Gasteiger partial charge in [0, 0.05) is 24.2 Å². The van der Waals surface area contributed by atoms with Gasteiger partial charge in [-0.05, 0) is 42.0 Å². The van der Waals surface area contributed by atoms with Gasteiger partial charge in [-0.3, -0.25) is 4.79 Å². The zero-order valence-corrected chi connectivity index (χ0v) is 13.5. The summed E-state index contributed by atoms with van der Waals surface area (Å²) in [6.45, 7) is 4.07. The van der Waals surface area contributed by atoms with E-state index in [1.54, 1.807) is 12.1 Å². The molecule has 1 aliphatic rings. The van der Waals surface area contributed by atoms with Gasteiger partial charge in [0.25, 0.3) is 0 Å². The minimum absolute atomic E-state index is 0.0686. The van der Waals surface area contributed by atoms with Crippen LogP contribution in [0, 0.1) is 0 Å². The molecule has 1 fully saturated rings. The number of carbonyl (C=O) groups excluding carboxylic acids is 1. The van der Waals surface area contributed by atoms with Crippen LogP contribution in [-0.2, 0) is 5.41 Å². The van der Waals surface area contributed by atoms with Crippen LogP contribution in [-0.4, -0.2) is 10.8 Å². The molecule has 2 aromatic rings. The lowest BCUT2D eigenvalue weighted by Gasteiger charge is -2.12. The van der Waals surface area contributed by atoms with Crippen molar-refractivity contribution in [1.29, 1.82) is 0 Å². The summed E-state index contributed by atoms with van der Waals surface area (Å²) in [6, 6.07) is 9.33. The van der Waals surface area contributed by atoms with Gasteiger partial charge in [-0.2, -0.15) is 0 Å². The van der Waals surface area contributed by atoms with Crippen LogP contribution in [0.1, 0.15) is 49.0 Å². The number of hydrogen-bond acceptors (Lipinski definition) is 3. The number of halogens is 1. The number of rotatable bonds is 5. The fraction of sp³-hybridized carbons (Fsp3) is 0.333. The van der Waals surface area contributed by atoms with Gasteiger partial charge in [0.15, 0.2) is 5.78 Å². The number of benzene rings is 1. The molecule has 0 aliphatic heterocycles. The van der Waals surface area contributed by atoms with Crippen molar-refractivity contribution >= 4 is 17.4 Å². The second-order valence-corrected chi connectivity index (χ2v) is 6.38. The third-order valence-electron chi connectivity index (χ3n) is 4.22. The van der Waals surface area contributed by atoms with E-state index in [9.17, 15) is 4.79 Å². The molecule has 1 heterocycles. The highest BCUT2D eigenvalue weighted by atomic mass is 35.5. The highest BCUT2D eigenvalue weighted by Gasteiger charge is 2.39. The maximum absolute atomic E-state index is 11.6. The van der Waals surface area contributed by atoms with Crippen molar-refractivity contribution < 1.29 is 9.53 Å². The molecule has 1 aromatic heterocycles. The van der Waals surface area contributed by atoms with Gasteiger partial charge < -0.3 is 4.74 Å². The van der Waals surface area contributed by atoms with Crippen LogP contribution in [0.4, 0.5) is 0 Å². The molecule has 114 valence electrons. The Balaban J connectivity index is 1.77. The first-order chi connectivity index (χ1) is 10.5. The molecule has 0 unspecified atom stereocenters. The molecule has 0 amide bonds. The zero-order valence-electron chi connectivity index (χ0n) is 12.7. The van der Waals surface area contributed by atoms with E-state index in [0.29, 0.717) is 28.6 Å². The van der Waals surface area contributed by atoms with Crippen LogP contribution >= 0.6 is 11.6 Å². The quantitative estimate of drug-likeness (QED) is 0.714. The summed E-state index contributed by atoms with van der Waals surface area (Å²) in [4.78, 5) is 15.7. The number of carbonyl (C=O) groups is 1. The third-order valence-corrected chi connectivity index (χ3v) is 4.52. The Morgan fingerprint density at radius 2 is 2.09 bits per heavy atom. The number of nitrogens with zero attached hydrogens (tertiary/aromatic N) is 1. The molecule has 1 aliphatic carbocycles. The Bertz CT molecular complexity index is 706. The molecular formula is C18H18ClNO2. The molecule has 0 radical (unpaired) electrons. The summed E-state index contributed by atoms with van der Waals surface area (Å²) in [6.07, 6.45) is 4.42. The second kappa shape index (κ2) is 5.73. The van der Waals surface area contributed by atoms with Crippen molar-refractivity contribution in [2.75, 3.05) is 0 Å². The van der Waals surface area contributed by atoms with Gasteiger partial charge in [-0.1, -0.05) is 31.5 Å². The number of hydrogen-bond donors (Lipinski definition) is 0. The minimum Gasteiger partial charge on any atom is -0.437 e. The topological polar surface area (TPSA) is 39.2 Å². The Labute approximate surface area is 135 Å². The number of pyridine rings is 1. The van der Waals surface area contributed by atoms with Gasteiger partial charge in [0.1, 0.15) is 5.75 Å². The summed E-state index contributed by atoms with van der Waals surface area (Å²) >= 11 is 6.31. The van der Waals surface area contributed by atoms with Gasteiger partial charge in [-0.15, -0.1) is 0 Å². The second-order valence-electron chi connectivity index (χ2n) is 5.97. The summed E-state index contributed by atoms with van der Waals surface area (Å²) < 4.78 is 5.71. The lowest BCUT2D eigenvalue weighted by Crippen LogP contribution is -2.00. The maximum atomic E-state index is 11.6. The average molecular weight is 316 g/mol. The van der Waals surface area contributed by atoms with Gasteiger partial charge in [0.2, 0.25) is 5.88 Å². The van der Waals surface area contributed by atoms with Crippen LogP contribution in [0.15, 0.2) is 36.5 Å². The van der Waals surface area contributed by atoms with Crippen molar-refractivity contribution in [2.24, 2.45) is 0 Å². The SMILES string of the molecule is CCC(=O)c1ccc(Oc2ccc(C3(C)CC3)cc2Cl)nc1. The molecule has 3 nitrogen and oxygen atoms in total. The maximum Gasteiger partial charge on any atom is 0.219 e. The van der Waals surface area contributed by atoms with E-state index in [1.165, 1.54) is 24.6 Å². The largest absolute Gasteiger partial charge is 0.437 e. The van der Waals surface area contributed by atoms with Crippen LogP contribution in [0.3, 0.4) is 0 Å². The van der Waals surface area contributed by atoms with Crippen molar-refractivity contribution in [1.82, 2.24) is 4.98 Å². The van der Waals surface area contributed by atoms with Crippen LogP contribution in [0.5, 0.6) is 11.6 Å². The van der Waals surface area contributed by atoms with Crippen molar-refractivity contribution in [3.63, 3.8) is 0 Å². The Kier molecular flexibility index (Phi) is 3.92. The fourth-order valence-electron chi connectivity index (χ4n) is 2.36. The highest BCUT2D eigenvalue weighted by molar-refractivity contribution is 6.32. The Hall–Kier alpha value is -1.87. The van der Waals surface area contributed by atoms with E-state index in [2.05, 4.69) is 18.0 Å². The molecular weight excluding hydrogens is 298 g/mol. The lowest BCUT2D eigenvalue weighted by atomic mass is 9.98. The predicted octanol–water partition coefficient (Wildman–Crippen LogP) is 5.17. The monoisotopic (exact) mass is 315 g/mol. The smallest absolute Gasteiger partial charge is 0.219 e. The molecule has 1 aromatic carbocycles. The van der Waals surface area contributed by atoms with E-state index in [-0.39, 0.29) is 11.2 Å². The number of ketones is 1. The third kappa shape index (κ3) is 3.00. The molecule has 1 saturated carbocycles. The minimum atomic E-state index is 0.0686. The van der Waals surface area contributed by atoms with Crippen LogP contribution in [0.2, 0.25) is 5.02 Å². The summed E-state index contributed by atoms with van der Waals surface area (Å²) in [5.74, 6) is 1.08. The summed E-state index contributed by atoms with van der Waals surface area (Å²) in [5.41, 5.74) is 2.13. The summed E-state index contributed by atoms with van der Waals surface area (Å²) in [5, 5.41) is 0.584. The number of Topliss-reactive ketones (excluding diaryl/α,β-unsaturated/α-hetero) is 1. The first-order valence-electron chi connectivity index (χ1n) is 7.49. The molecule has 3 rings (SSSR count). The van der Waals surface area contributed by atoms with E-state index in [0.717, 1.165) is 0 Å². The molecule has 0 bridgehead atoms. The first kappa shape index (κ1) is 15.0. The number of aromatic nitrogens is 1. The molecule has 0 N–H and O–H groups in total. The molecule has 0 atom stereocenters. The van der Waals surface area contributed by atoms with Crippen molar-refractivity contribution in [3.8, 4) is 11.6 Å². The standard InChI is InChI=1S/C18H18ClNO2/c1-3-15(21)12-4-7-17(20-11-12)22-16-6-5-13(10-14(16)19)18(2)8-9-18/h4-7,10-11H,3,8-9H2,1-2H3. The molecule has 4 heteroatoms. The van der Waals surface area contributed by atoms with E-state index in [4.69, 9.17) is 16.3 Å². The van der Waals surface area contributed by atoms with E-state index >= 15 is 0 Å². The van der Waals surface area contributed by atoms with Crippen molar-refractivity contribution in [3.05, 3.63) is 52.7 Å². The normalized spacial score (nSPS) is 15.4. The van der Waals surface area contributed by atoms with E-state index < -0.39 is 0 Å². The summed E-state index contributed by atoms with van der Waals surface area (Å²) in [7, 11) is 0. The molecule has 22 heavy (non-hydrogen) atoms. The van der Waals surface area contributed by atoms with Crippen LogP contribution in [0.25, 0.3) is 0 Å². The Morgan fingerprint density at radius 3 is 2.64 bits per heavy atom.